The number of nitrogens with zero attached hydrogens (tertiary/aromatic N) is 3. The molecule has 1 saturated carbocycles. The van der Waals surface area contributed by atoms with Gasteiger partial charge in [-0.3, -0.25) is 0 Å². The van der Waals surface area contributed by atoms with Gasteiger partial charge in [-0.15, -0.1) is 10.2 Å². The summed E-state index contributed by atoms with van der Waals surface area (Å²) in [5, 5.41) is 12.0. The molecule has 1 fully saturated rings. The molecule has 0 spiro atoms. The molecular formula is C17H24N4. The number of aryl methyl sites for hydroxylation is 1. The minimum atomic E-state index is 0.554. The van der Waals surface area contributed by atoms with Gasteiger partial charge in [-0.25, -0.2) is 0 Å². The van der Waals surface area contributed by atoms with Crippen molar-refractivity contribution in [2.45, 2.75) is 39.2 Å². The average Bonchev–Trinajstić information content (AvgIpc) is 2.84. The molecule has 0 radical (unpaired) electrons. The Morgan fingerprint density at radius 3 is 2.48 bits per heavy atom. The van der Waals surface area contributed by atoms with Crippen LogP contribution in [0.5, 0.6) is 0 Å². The maximum Gasteiger partial charge on any atom is 0.165 e. The van der Waals surface area contributed by atoms with Crippen molar-refractivity contribution in [1.29, 1.82) is 0 Å². The first kappa shape index (κ1) is 14.1. The largest absolute Gasteiger partial charge is 0.382 e. The Morgan fingerprint density at radius 2 is 1.81 bits per heavy atom. The lowest BCUT2D eigenvalue weighted by Crippen LogP contribution is -2.30. The molecule has 4 nitrogen and oxygen atoms in total. The Bertz CT molecular complexity index is 594. The van der Waals surface area contributed by atoms with Gasteiger partial charge in [0.2, 0.25) is 0 Å². The highest BCUT2D eigenvalue weighted by Crippen LogP contribution is 2.33. The first-order valence-corrected chi connectivity index (χ1v) is 7.83. The first-order chi connectivity index (χ1) is 10.1. The van der Waals surface area contributed by atoms with Gasteiger partial charge in [0.1, 0.15) is 6.33 Å². The topological polar surface area (TPSA) is 42.7 Å². The van der Waals surface area contributed by atoms with E-state index in [4.69, 9.17) is 0 Å². The molecule has 1 N–H and O–H groups in total. The highest BCUT2D eigenvalue weighted by atomic mass is 15.2. The molecular weight excluding hydrogens is 260 g/mol. The van der Waals surface area contributed by atoms with Crippen LogP contribution >= 0.6 is 0 Å². The molecule has 1 aliphatic rings. The zero-order valence-electron chi connectivity index (χ0n) is 13.1. The third kappa shape index (κ3) is 3.09. The Hall–Kier alpha value is -1.84. The molecule has 1 aromatic heterocycles. The second-order valence-corrected chi connectivity index (χ2v) is 6.57. The van der Waals surface area contributed by atoms with E-state index in [-0.39, 0.29) is 0 Å². The van der Waals surface area contributed by atoms with Crippen molar-refractivity contribution in [3.63, 3.8) is 0 Å². The number of anilines is 1. The maximum absolute atomic E-state index is 4.24. The lowest BCUT2D eigenvalue weighted by atomic mass is 9.80. The highest BCUT2D eigenvalue weighted by molar-refractivity contribution is 5.73. The summed E-state index contributed by atoms with van der Waals surface area (Å²) in [6.45, 7) is 4.72. The van der Waals surface area contributed by atoms with Gasteiger partial charge in [0.25, 0.3) is 0 Å². The minimum Gasteiger partial charge on any atom is -0.382 e. The lowest BCUT2D eigenvalue weighted by molar-refractivity contribution is 0.281. The van der Waals surface area contributed by atoms with Crippen LogP contribution in [0.15, 0.2) is 30.6 Å². The molecule has 2 aromatic rings. The smallest absolute Gasteiger partial charge is 0.165 e. The van der Waals surface area contributed by atoms with Crippen molar-refractivity contribution >= 4 is 5.69 Å². The minimum absolute atomic E-state index is 0.554. The number of hydrogen-bond acceptors (Lipinski definition) is 3. The Kier molecular flexibility index (Phi) is 3.95. The van der Waals surface area contributed by atoms with Crippen molar-refractivity contribution in [2.24, 2.45) is 18.9 Å². The van der Waals surface area contributed by atoms with Crippen molar-refractivity contribution in [2.75, 3.05) is 5.32 Å². The van der Waals surface area contributed by atoms with Crippen LogP contribution in [0.4, 0.5) is 5.69 Å². The number of benzene rings is 1. The Morgan fingerprint density at radius 1 is 1.10 bits per heavy atom. The van der Waals surface area contributed by atoms with Crippen molar-refractivity contribution in [3.05, 3.63) is 30.6 Å². The Balaban J connectivity index is 1.85. The number of para-hydroxylation sites is 1. The maximum atomic E-state index is 4.24. The summed E-state index contributed by atoms with van der Waals surface area (Å²) in [6.07, 6.45) is 5.59. The van der Waals surface area contributed by atoms with Gasteiger partial charge in [-0.05, 0) is 43.2 Å². The van der Waals surface area contributed by atoms with E-state index >= 15 is 0 Å². The van der Waals surface area contributed by atoms with Crippen LogP contribution in [0.25, 0.3) is 11.4 Å². The molecule has 4 heteroatoms. The van der Waals surface area contributed by atoms with Crippen molar-refractivity contribution in [3.8, 4) is 11.4 Å². The quantitative estimate of drug-likeness (QED) is 0.934. The van der Waals surface area contributed by atoms with E-state index in [1.54, 1.807) is 6.33 Å². The van der Waals surface area contributed by atoms with E-state index in [1.807, 2.05) is 11.6 Å². The van der Waals surface area contributed by atoms with E-state index in [0.717, 1.165) is 23.2 Å². The van der Waals surface area contributed by atoms with Gasteiger partial charge in [-0.1, -0.05) is 26.0 Å². The van der Waals surface area contributed by atoms with E-state index in [1.165, 1.54) is 24.9 Å². The van der Waals surface area contributed by atoms with Crippen LogP contribution in [0.3, 0.4) is 0 Å². The third-order valence-corrected chi connectivity index (χ3v) is 4.42. The molecule has 2 unspecified atom stereocenters. The number of aromatic nitrogens is 3. The predicted molar refractivity (Wildman–Crippen MR) is 86.0 cm³/mol. The van der Waals surface area contributed by atoms with Crippen molar-refractivity contribution in [1.82, 2.24) is 14.8 Å². The number of hydrogen-bond donors (Lipinski definition) is 1. The summed E-state index contributed by atoms with van der Waals surface area (Å²) in [6, 6.07) is 8.95. The van der Waals surface area contributed by atoms with Crippen molar-refractivity contribution < 1.29 is 0 Å². The van der Waals surface area contributed by atoms with Gasteiger partial charge in [0.15, 0.2) is 5.82 Å². The van der Waals surface area contributed by atoms with Crippen LogP contribution in [0.2, 0.25) is 0 Å². The van der Waals surface area contributed by atoms with E-state index < -0.39 is 0 Å². The molecule has 0 amide bonds. The fourth-order valence-electron chi connectivity index (χ4n) is 3.62. The standard InChI is InChI=1S/C17H24N4/c1-12-8-13(2)10-14(9-12)19-16-7-5-4-6-15(16)17-20-18-11-21(17)3/h4-7,11-14,19H,8-10H2,1-3H3. The van der Waals surface area contributed by atoms with Crippen LogP contribution in [0, 0.1) is 11.8 Å². The summed E-state index contributed by atoms with van der Waals surface area (Å²) in [4.78, 5) is 0. The van der Waals surface area contributed by atoms with Crippen LogP contribution in [-0.2, 0) is 7.05 Å². The molecule has 0 bridgehead atoms. The SMILES string of the molecule is CC1CC(C)CC(Nc2ccccc2-c2nncn2C)C1. The van der Waals surface area contributed by atoms with E-state index in [9.17, 15) is 0 Å². The number of nitrogens with one attached hydrogen (secondary N) is 1. The fraction of sp³-hybridized carbons (Fsp3) is 0.529. The summed E-state index contributed by atoms with van der Waals surface area (Å²) in [5.74, 6) is 2.51. The monoisotopic (exact) mass is 284 g/mol. The van der Waals surface area contributed by atoms with Crippen LogP contribution in [0.1, 0.15) is 33.1 Å². The highest BCUT2D eigenvalue weighted by Gasteiger charge is 2.24. The molecule has 2 atom stereocenters. The van der Waals surface area contributed by atoms with E-state index in [2.05, 4.69) is 53.6 Å². The summed E-state index contributed by atoms with van der Waals surface area (Å²) < 4.78 is 1.96. The fourth-order valence-corrected chi connectivity index (χ4v) is 3.62. The van der Waals surface area contributed by atoms with Gasteiger partial charge in [0, 0.05) is 24.3 Å². The first-order valence-electron chi connectivity index (χ1n) is 7.83. The Labute approximate surface area is 126 Å². The molecule has 112 valence electrons. The lowest BCUT2D eigenvalue weighted by Gasteiger charge is -2.33. The molecule has 1 aromatic carbocycles. The summed E-state index contributed by atoms with van der Waals surface area (Å²) >= 11 is 0. The summed E-state index contributed by atoms with van der Waals surface area (Å²) in [7, 11) is 1.98. The molecule has 3 rings (SSSR count). The van der Waals surface area contributed by atoms with Crippen LogP contribution in [-0.4, -0.2) is 20.8 Å². The third-order valence-electron chi connectivity index (χ3n) is 4.42. The van der Waals surface area contributed by atoms with Crippen LogP contribution < -0.4 is 5.32 Å². The molecule has 0 saturated heterocycles. The number of rotatable bonds is 3. The van der Waals surface area contributed by atoms with Gasteiger partial charge in [-0.2, -0.15) is 0 Å². The molecule has 1 heterocycles. The van der Waals surface area contributed by atoms with Gasteiger partial charge < -0.3 is 9.88 Å². The molecule has 1 aliphatic carbocycles. The summed E-state index contributed by atoms with van der Waals surface area (Å²) in [5.41, 5.74) is 2.29. The van der Waals surface area contributed by atoms with Gasteiger partial charge in [0.05, 0.1) is 0 Å². The second kappa shape index (κ2) is 5.88. The van der Waals surface area contributed by atoms with E-state index in [0.29, 0.717) is 6.04 Å². The second-order valence-electron chi connectivity index (χ2n) is 6.57. The predicted octanol–water partition coefficient (Wildman–Crippen LogP) is 3.72. The molecule has 21 heavy (non-hydrogen) atoms. The zero-order chi connectivity index (χ0) is 14.8. The molecule has 0 aliphatic heterocycles. The normalized spacial score (nSPS) is 25.8. The average molecular weight is 284 g/mol. The zero-order valence-corrected chi connectivity index (χ0v) is 13.1. The van der Waals surface area contributed by atoms with Gasteiger partial charge >= 0.3 is 0 Å².